The summed E-state index contributed by atoms with van der Waals surface area (Å²) in [6.07, 6.45) is 1.98. The van der Waals surface area contributed by atoms with E-state index < -0.39 is 11.9 Å². The molecule has 0 aliphatic heterocycles. The van der Waals surface area contributed by atoms with E-state index in [4.69, 9.17) is 11.6 Å². The van der Waals surface area contributed by atoms with Crippen molar-refractivity contribution in [3.8, 4) is 0 Å². The van der Waals surface area contributed by atoms with E-state index >= 15 is 0 Å². The van der Waals surface area contributed by atoms with Crippen molar-refractivity contribution in [2.45, 2.75) is 45.2 Å². The largest absolute Gasteiger partial charge is 0.354 e. The second-order valence-electron chi connectivity index (χ2n) is 8.23. The van der Waals surface area contributed by atoms with Gasteiger partial charge in [0, 0.05) is 24.5 Å². The predicted molar refractivity (Wildman–Crippen MR) is 134 cm³/mol. The fourth-order valence-electron chi connectivity index (χ4n) is 3.78. The molecule has 3 rings (SSSR count). The normalized spacial score (nSPS) is 11.6. The van der Waals surface area contributed by atoms with Crippen molar-refractivity contribution in [2.75, 3.05) is 6.54 Å². The molecule has 3 aromatic carbocycles. The SMILES string of the molecule is CCCCNC(=O)C(Cc1ccccc1)N(Cc1ccccc1Cl)C(=O)Cc1ccccc1F. The molecule has 2 amide bonds. The number of rotatable bonds is 11. The molecule has 6 heteroatoms. The Morgan fingerprint density at radius 2 is 1.59 bits per heavy atom. The number of amides is 2. The molecular weight excluding hydrogens is 451 g/mol. The number of nitrogens with zero attached hydrogens (tertiary/aromatic N) is 1. The highest BCUT2D eigenvalue weighted by molar-refractivity contribution is 6.31. The summed E-state index contributed by atoms with van der Waals surface area (Å²) in [5, 5.41) is 3.49. The highest BCUT2D eigenvalue weighted by atomic mass is 35.5. The third kappa shape index (κ3) is 7.16. The van der Waals surface area contributed by atoms with Gasteiger partial charge in [-0.1, -0.05) is 91.7 Å². The molecule has 0 saturated heterocycles. The lowest BCUT2D eigenvalue weighted by atomic mass is 10.0. The van der Waals surface area contributed by atoms with Crippen molar-refractivity contribution in [1.82, 2.24) is 10.2 Å². The van der Waals surface area contributed by atoms with Gasteiger partial charge < -0.3 is 10.2 Å². The van der Waals surface area contributed by atoms with Crippen LogP contribution < -0.4 is 5.32 Å². The van der Waals surface area contributed by atoms with Crippen LogP contribution in [0.4, 0.5) is 4.39 Å². The Morgan fingerprint density at radius 3 is 2.26 bits per heavy atom. The first-order chi connectivity index (χ1) is 16.5. The Kier molecular flexibility index (Phi) is 9.65. The summed E-state index contributed by atoms with van der Waals surface area (Å²) in [5.74, 6) is -1.01. The lowest BCUT2D eigenvalue weighted by molar-refractivity contribution is -0.140. The minimum Gasteiger partial charge on any atom is -0.354 e. The summed E-state index contributed by atoms with van der Waals surface area (Å²) in [6, 6.07) is 22.3. The monoisotopic (exact) mass is 480 g/mol. The Balaban J connectivity index is 1.96. The molecular formula is C28H30ClFN2O2. The maximum Gasteiger partial charge on any atom is 0.243 e. The van der Waals surface area contributed by atoms with Gasteiger partial charge in [0.15, 0.2) is 0 Å². The molecule has 1 atom stereocenters. The third-order valence-corrected chi connectivity index (χ3v) is 6.07. The van der Waals surface area contributed by atoms with E-state index in [2.05, 4.69) is 12.2 Å². The number of hydrogen-bond acceptors (Lipinski definition) is 2. The van der Waals surface area contributed by atoms with E-state index in [0.29, 0.717) is 23.6 Å². The molecule has 0 aliphatic rings. The van der Waals surface area contributed by atoms with Gasteiger partial charge in [-0.25, -0.2) is 4.39 Å². The summed E-state index contributed by atoms with van der Waals surface area (Å²) in [6.45, 7) is 2.73. The zero-order valence-electron chi connectivity index (χ0n) is 19.3. The maximum absolute atomic E-state index is 14.3. The summed E-state index contributed by atoms with van der Waals surface area (Å²) in [5.41, 5.74) is 1.95. The molecule has 0 bridgehead atoms. The zero-order chi connectivity index (χ0) is 24.3. The number of halogens is 2. The smallest absolute Gasteiger partial charge is 0.243 e. The van der Waals surface area contributed by atoms with Crippen LogP contribution in [0.25, 0.3) is 0 Å². The third-order valence-electron chi connectivity index (χ3n) is 5.70. The highest BCUT2D eigenvalue weighted by Crippen LogP contribution is 2.22. The van der Waals surface area contributed by atoms with Gasteiger partial charge in [-0.05, 0) is 35.2 Å². The van der Waals surface area contributed by atoms with Crippen molar-refractivity contribution in [3.63, 3.8) is 0 Å². The Hall–Kier alpha value is -3.18. The average molecular weight is 481 g/mol. The van der Waals surface area contributed by atoms with Crippen LogP contribution >= 0.6 is 11.6 Å². The van der Waals surface area contributed by atoms with E-state index in [1.54, 1.807) is 24.3 Å². The van der Waals surface area contributed by atoms with Crippen LogP contribution in [0, 0.1) is 5.82 Å². The van der Waals surface area contributed by atoms with Crippen LogP contribution in [0.2, 0.25) is 5.02 Å². The standard InChI is InChI=1S/C28H30ClFN2O2/c1-2-3-17-31-28(34)26(18-21-11-5-4-6-12-21)32(20-23-14-7-9-15-24(23)29)27(33)19-22-13-8-10-16-25(22)30/h4-16,26H,2-3,17-20H2,1H3,(H,31,34). The van der Waals surface area contributed by atoms with Gasteiger partial charge in [-0.2, -0.15) is 0 Å². The molecule has 4 nitrogen and oxygen atoms in total. The molecule has 1 unspecified atom stereocenters. The van der Waals surface area contributed by atoms with Crippen molar-refractivity contribution >= 4 is 23.4 Å². The highest BCUT2D eigenvalue weighted by Gasteiger charge is 2.31. The van der Waals surface area contributed by atoms with Crippen molar-refractivity contribution in [1.29, 1.82) is 0 Å². The van der Waals surface area contributed by atoms with Crippen LogP contribution in [-0.4, -0.2) is 29.3 Å². The maximum atomic E-state index is 14.3. The Morgan fingerprint density at radius 1 is 0.941 bits per heavy atom. The van der Waals surface area contributed by atoms with Gasteiger partial charge in [0.25, 0.3) is 0 Å². The first-order valence-corrected chi connectivity index (χ1v) is 11.9. The second-order valence-corrected chi connectivity index (χ2v) is 8.64. The van der Waals surface area contributed by atoms with E-state index in [9.17, 15) is 14.0 Å². The zero-order valence-corrected chi connectivity index (χ0v) is 20.1. The van der Waals surface area contributed by atoms with Crippen LogP contribution in [-0.2, 0) is 29.0 Å². The summed E-state index contributed by atoms with van der Waals surface area (Å²) in [7, 11) is 0. The quantitative estimate of drug-likeness (QED) is 0.364. The van der Waals surface area contributed by atoms with Gasteiger partial charge in [-0.3, -0.25) is 9.59 Å². The molecule has 0 saturated carbocycles. The molecule has 0 spiro atoms. The lowest BCUT2D eigenvalue weighted by Crippen LogP contribution is -2.51. The molecule has 0 radical (unpaired) electrons. The van der Waals surface area contributed by atoms with Gasteiger partial charge >= 0.3 is 0 Å². The fourth-order valence-corrected chi connectivity index (χ4v) is 3.97. The molecule has 1 N–H and O–H groups in total. The molecule has 0 fully saturated rings. The van der Waals surface area contributed by atoms with Gasteiger partial charge in [-0.15, -0.1) is 0 Å². The van der Waals surface area contributed by atoms with Gasteiger partial charge in [0.1, 0.15) is 11.9 Å². The number of unbranched alkanes of at least 4 members (excludes halogenated alkanes) is 1. The Bertz CT molecular complexity index is 1090. The topological polar surface area (TPSA) is 49.4 Å². The average Bonchev–Trinajstić information content (AvgIpc) is 2.84. The first kappa shape index (κ1) is 25.4. The molecule has 0 heterocycles. The number of nitrogens with one attached hydrogen (secondary N) is 1. The van der Waals surface area contributed by atoms with Crippen LogP contribution in [0.5, 0.6) is 0 Å². The second kappa shape index (κ2) is 12.9. The minimum atomic E-state index is -0.769. The summed E-state index contributed by atoms with van der Waals surface area (Å²) >= 11 is 6.41. The predicted octanol–water partition coefficient (Wildman–Crippen LogP) is 5.58. The summed E-state index contributed by atoms with van der Waals surface area (Å²) < 4.78 is 14.3. The number of carbonyl (C=O) groups excluding carboxylic acids is 2. The van der Waals surface area contributed by atoms with Crippen LogP contribution in [0.15, 0.2) is 78.9 Å². The Labute approximate surface area is 205 Å². The van der Waals surface area contributed by atoms with Crippen molar-refractivity contribution in [3.05, 3.63) is 106 Å². The fraction of sp³-hybridized carbons (Fsp3) is 0.286. The van der Waals surface area contributed by atoms with Crippen LogP contribution in [0.1, 0.15) is 36.5 Å². The van der Waals surface area contributed by atoms with Crippen LogP contribution in [0.3, 0.4) is 0 Å². The van der Waals surface area contributed by atoms with E-state index in [1.165, 1.54) is 11.0 Å². The lowest BCUT2D eigenvalue weighted by Gasteiger charge is -2.32. The number of carbonyl (C=O) groups is 2. The summed E-state index contributed by atoms with van der Waals surface area (Å²) in [4.78, 5) is 28.5. The van der Waals surface area contributed by atoms with Crippen molar-refractivity contribution in [2.24, 2.45) is 0 Å². The molecule has 3 aromatic rings. The molecule has 34 heavy (non-hydrogen) atoms. The van der Waals surface area contributed by atoms with Crippen molar-refractivity contribution < 1.29 is 14.0 Å². The number of benzene rings is 3. The molecule has 0 aromatic heterocycles. The number of hydrogen-bond donors (Lipinski definition) is 1. The van der Waals surface area contributed by atoms with Gasteiger partial charge in [0.2, 0.25) is 11.8 Å². The van der Waals surface area contributed by atoms with E-state index in [1.807, 2.05) is 48.5 Å². The minimum absolute atomic E-state index is 0.145. The first-order valence-electron chi connectivity index (χ1n) is 11.6. The molecule has 0 aliphatic carbocycles. The van der Waals surface area contributed by atoms with E-state index in [0.717, 1.165) is 24.0 Å². The molecule has 178 valence electrons. The van der Waals surface area contributed by atoms with E-state index in [-0.39, 0.29) is 24.8 Å². The van der Waals surface area contributed by atoms with Gasteiger partial charge in [0.05, 0.1) is 6.42 Å².